The van der Waals surface area contributed by atoms with Crippen LogP contribution in [0.5, 0.6) is 0 Å². The highest BCUT2D eigenvalue weighted by molar-refractivity contribution is 14.1. The lowest BCUT2D eigenvalue weighted by atomic mass is 10.2. The number of halogens is 2. The van der Waals surface area contributed by atoms with Gasteiger partial charge in [0.15, 0.2) is 0 Å². The van der Waals surface area contributed by atoms with Gasteiger partial charge in [0.05, 0.1) is 9.26 Å². The van der Waals surface area contributed by atoms with E-state index in [1.165, 1.54) is 0 Å². The van der Waals surface area contributed by atoms with Gasteiger partial charge in [-0.3, -0.25) is 14.3 Å². The summed E-state index contributed by atoms with van der Waals surface area (Å²) in [5, 5.41) is 14.0. The highest BCUT2D eigenvalue weighted by Gasteiger charge is 2.16. The molecule has 2 N–H and O–H groups in total. The Balaban J connectivity index is 1.45. The van der Waals surface area contributed by atoms with Gasteiger partial charge in [-0.25, -0.2) is 0 Å². The van der Waals surface area contributed by atoms with E-state index in [4.69, 9.17) is 16.1 Å². The van der Waals surface area contributed by atoms with Crippen LogP contribution in [0.1, 0.15) is 22.1 Å². The average molecular weight is 529 g/mol. The molecule has 2 heterocycles. The van der Waals surface area contributed by atoms with Gasteiger partial charge in [-0.2, -0.15) is 10.1 Å². The number of hydrogen-bond donors (Lipinski definition) is 2. The number of aromatic nitrogens is 4. The molecule has 3 rings (SSSR count). The van der Waals surface area contributed by atoms with Crippen LogP contribution in [0.4, 0.5) is 0 Å². The van der Waals surface area contributed by atoms with Crippen LogP contribution in [0.15, 0.2) is 28.8 Å². The molecule has 0 atom stereocenters. The summed E-state index contributed by atoms with van der Waals surface area (Å²) >= 11 is 8.14. The van der Waals surface area contributed by atoms with Gasteiger partial charge in [0.1, 0.15) is 6.54 Å². The molecule has 0 bridgehead atoms. The summed E-state index contributed by atoms with van der Waals surface area (Å²) in [6.07, 6.45) is 0. The van der Waals surface area contributed by atoms with Crippen molar-refractivity contribution in [3.63, 3.8) is 0 Å². The van der Waals surface area contributed by atoms with Crippen LogP contribution in [0.2, 0.25) is 5.02 Å². The SMILES string of the molecule is Cc1nn(CC(=O)NCCNC(=O)c2nc(-c3cccc(Cl)c3)no2)c(C)c1I. The molecule has 2 amide bonds. The molecule has 1 aromatic carbocycles. The Labute approximate surface area is 185 Å². The third-order valence-electron chi connectivity index (χ3n) is 4.02. The second kappa shape index (κ2) is 9.35. The van der Waals surface area contributed by atoms with Crippen LogP contribution < -0.4 is 10.6 Å². The lowest BCUT2D eigenvalue weighted by molar-refractivity contribution is -0.121. The van der Waals surface area contributed by atoms with E-state index in [0.29, 0.717) is 10.6 Å². The molecule has 0 saturated carbocycles. The molecule has 0 saturated heterocycles. The molecule has 29 heavy (non-hydrogen) atoms. The second-order valence-corrected chi connectivity index (χ2v) is 7.70. The van der Waals surface area contributed by atoms with E-state index in [2.05, 4.69) is 48.5 Å². The number of amides is 2. The van der Waals surface area contributed by atoms with Gasteiger partial charge in [0.2, 0.25) is 11.7 Å². The van der Waals surface area contributed by atoms with Crippen molar-refractivity contribution in [3.05, 3.63) is 50.1 Å². The summed E-state index contributed by atoms with van der Waals surface area (Å²) < 4.78 is 7.68. The zero-order chi connectivity index (χ0) is 21.0. The monoisotopic (exact) mass is 528 g/mol. The summed E-state index contributed by atoms with van der Waals surface area (Å²) in [5.74, 6) is -0.607. The number of carbonyl (C=O) groups excluding carboxylic acids is 2. The molecule has 152 valence electrons. The van der Waals surface area contributed by atoms with Crippen molar-refractivity contribution in [2.75, 3.05) is 13.1 Å². The smallest absolute Gasteiger partial charge is 0.316 e. The van der Waals surface area contributed by atoms with Crippen molar-refractivity contribution in [1.29, 1.82) is 0 Å². The zero-order valence-corrected chi connectivity index (χ0v) is 18.6. The molecule has 0 spiro atoms. The third-order valence-corrected chi connectivity index (χ3v) is 5.82. The maximum atomic E-state index is 12.1. The Morgan fingerprint density at radius 3 is 2.69 bits per heavy atom. The summed E-state index contributed by atoms with van der Waals surface area (Å²) in [6.45, 7) is 4.41. The summed E-state index contributed by atoms with van der Waals surface area (Å²) in [4.78, 5) is 28.2. The number of nitrogens with zero attached hydrogens (tertiary/aromatic N) is 4. The van der Waals surface area contributed by atoms with Gasteiger partial charge in [-0.15, -0.1) is 0 Å². The van der Waals surface area contributed by atoms with Gasteiger partial charge in [-0.05, 0) is 48.6 Å². The maximum absolute atomic E-state index is 12.1. The van der Waals surface area contributed by atoms with E-state index in [9.17, 15) is 9.59 Å². The van der Waals surface area contributed by atoms with Gasteiger partial charge in [0.25, 0.3) is 0 Å². The third kappa shape index (κ3) is 5.32. The minimum Gasteiger partial charge on any atom is -0.353 e. The fourth-order valence-electron chi connectivity index (χ4n) is 2.54. The topological polar surface area (TPSA) is 115 Å². The Kier molecular flexibility index (Phi) is 6.85. The molecule has 9 nitrogen and oxygen atoms in total. The first kappa shape index (κ1) is 21.2. The van der Waals surface area contributed by atoms with Crippen molar-refractivity contribution in [2.24, 2.45) is 0 Å². The molecule has 0 aliphatic heterocycles. The molecule has 0 radical (unpaired) electrons. The number of hydrogen-bond acceptors (Lipinski definition) is 6. The first-order chi connectivity index (χ1) is 13.8. The molecule has 0 unspecified atom stereocenters. The van der Waals surface area contributed by atoms with Crippen LogP contribution >= 0.6 is 34.2 Å². The summed E-state index contributed by atoms with van der Waals surface area (Å²) in [5.41, 5.74) is 2.48. The fourth-order valence-corrected chi connectivity index (χ4v) is 3.11. The summed E-state index contributed by atoms with van der Waals surface area (Å²) in [6, 6.07) is 6.91. The first-order valence-electron chi connectivity index (χ1n) is 8.69. The Morgan fingerprint density at radius 2 is 2.00 bits per heavy atom. The minimum atomic E-state index is -0.520. The predicted molar refractivity (Wildman–Crippen MR) is 115 cm³/mol. The van der Waals surface area contributed by atoms with Crippen LogP contribution in [0.25, 0.3) is 11.4 Å². The Hall–Kier alpha value is -2.47. The lowest BCUT2D eigenvalue weighted by Gasteiger charge is -2.07. The van der Waals surface area contributed by atoms with Crippen molar-refractivity contribution >= 4 is 46.0 Å². The molecule has 11 heteroatoms. The Morgan fingerprint density at radius 1 is 1.24 bits per heavy atom. The number of carbonyl (C=O) groups is 2. The quantitative estimate of drug-likeness (QED) is 0.359. The van der Waals surface area contributed by atoms with Crippen LogP contribution in [0, 0.1) is 17.4 Å². The molecule has 0 aliphatic rings. The highest BCUT2D eigenvalue weighted by Crippen LogP contribution is 2.19. The van der Waals surface area contributed by atoms with E-state index < -0.39 is 5.91 Å². The van der Waals surface area contributed by atoms with E-state index in [-0.39, 0.29) is 37.3 Å². The molecule has 2 aromatic heterocycles. The van der Waals surface area contributed by atoms with Crippen molar-refractivity contribution in [3.8, 4) is 11.4 Å². The normalized spacial score (nSPS) is 10.8. The van der Waals surface area contributed by atoms with E-state index in [1.807, 2.05) is 13.8 Å². The largest absolute Gasteiger partial charge is 0.353 e. The molecule has 3 aromatic rings. The van der Waals surface area contributed by atoms with E-state index >= 15 is 0 Å². The van der Waals surface area contributed by atoms with Gasteiger partial charge < -0.3 is 15.2 Å². The molecular weight excluding hydrogens is 511 g/mol. The second-order valence-electron chi connectivity index (χ2n) is 6.18. The zero-order valence-electron chi connectivity index (χ0n) is 15.7. The highest BCUT2D eigenvalue weighted by atomic mass is 127. The predicted octanol–water partition coefficient (Wildman–Crippen LogP) is 2.35. The van der Waals surface area contributed by atoms with Crippen molar-refractivity contribution < 1.29 is 14.1 Å². The van der Waals surface area contributed by atoms with Gasteiger partial charge in [0, 0.05) is 29.4 Å². The fraction of sp³-hybridized carbons (Fsp3) is 0.278. The molecule has 0 aliphatic carbocycles. The van der Waals surface area contributed by atoms with Crippen LogP contribution in [0.3, 0.4) is 0 Å². The summed E-state index contributed by atoms with van der Waals surface area (Å²) in [7, 11) is 0. The first-order valence-corrected chi connectivity index (χ1v) is 10.1. The number of rotatable bonds is 7. The van der Waals surface area contributed by atoms with Crippen LogP contribution in [-0.4, -0.2) is 44.8 Å². The minimum absolute atomic E-state index is 0.121. The lowest BCUT2D eigenvalue weighted by Crippen LogP contribution is -2.36. The number of benzene rings is 1. The van der Waals surface area contributed by atoms with Gasteiger partial charge >= 0.3 is 11.8 Å². The van der Waals surface area contributed by atoms with Crippen molar-refractivity contribution in [1.82, 2.24) is 30.6 Å². The number of nitrogens with one attached hydrogen (secondary N) is 2. The van der Waals surface area contributed by atoms with E-state index in [0.717, 1.165) is 15.0 Å². The molecular formula is C18H18ClIN6O3. The average Bonchev–Trinajstić information content (AvgIpc) is 3.27. The van der Waals surface area contributed by atoms with Crippen LogP contribution in [-0.2, 0) is 11.3 Å². The number of aryl methyl sites for hydroxylation is 1. The van der Waals surface area contributed by atoms with Gasteiger partial charge in [-0.1, -0.05) is 28.9 Å². The Bertz CT molecular complexity index is 1050. The van der Waals surface area contributed by atoms with Crippen molar-refractivity contribution in [2.45, 2.75) is 20.4 Å². The molecule has 0 fully saturated rings. The standard InChI is InChI=1S/C18H18ClIN6O3/c1-10-15(20)11(2)26(24-10)9-14(27)21-6-7-22-17(28)18-23-16(25-29-18)12-4-3-5-13(19)8-12/h3-5,8H,6-7,9H2,1-2H3,(H,21,27)(H,22,28). The maximum Gasteiger partial charge on any atom is 0.316 e. The van der Waals surface area contributed by atoms with E-state index in [1.54, 1.807) is 28.9 Å².